The number of aromatic nitrogens is 1. The van der Waals surface area contributed by atoms with Crippen molar-refractivity contribution in [2.24, 2.45) is 9.98 Å². The Bertz CT molecular complexity index is 2470. The van der Waals surface area contributed by atoms with Gasteiger partial charge in [-0.1, -0.05) is 146 Å². The number of rotatable bonds is 7. The van der Waals surface area contributed by atoms with Gasteiger partial charge in [-0.05, 0) is 63.6 Å². The highest BCUT2D eigenvalue weighted by Gasteiger charge is 2.25. The van der Waals surface area contributed by atoms with Crippen LogP contribution in [-0.4, -0.2) is 16.2 Å². The zero-order valence-electron chi connectivity index (χ0n) is 27.1. The van der Waals surface area contributed by atoms with E-state index in [1.807, 2.05) is 30.3 Å². The lowest BCUT2D eigenvalue weighted by Crippen LogP contribution is -2.33. The van der Waals surface area contributed by atoms with Gasteiger partial charge in [0.05, 0.1) is 5.52 Å². The van der Waals surface area contributed by atoms with Crippen LogP contribution in [-0.2, 0) is 13.0 Å². The van der Waals surface area contributed by atoms with Crippen LogP contribution in [0, 0.1) is 0 Å². The number of para-hydroxylation sites is 1. The minimum absolute atomic E-state index is 0.231. The Balaban J connectivity index is 1.12. The third-order valence-electron chi connectivity index (χ3n) is 9.81. The van der Waals surface area contributed by atoms with E-state index in [0.717, 1.165) is 41.3 Å². The topological polar surface area (TPSA) is 41.7 Å². The van der Waals surface area contributed by atoms with Crippen molar-refractivity contribution in [3.05, 3.63) is 198 Å². The molecule has 4 heteroatoms. The Morgan fingerprint density at radius 1 is 0.673 bits per heavy atom. The largest absolute Gasteiger partial charge is 0.344 e. The summed E-state index contributed by atoms with van der Waals surface area (Å²) >= 11 is 0. The molecule has 0 amide bonds. The summed E-state index contributed by atoms with van der Waals surface area (Å²) in [5, 5.41) is 6.14. The number of allylic oxidation sites excluding steroid dienone is 3. The Labute approximate surface area is 286 Å². The standard InChI is InChI=1S/C45H34N4/c1-2-30-27-35-28-34(45-47-43(32-17-8-4-9-18-32)46-44(48-45)33-19-10-5-11-20-33)25-26-36(35)39(30)29-49-40-23-13-12-21-38(40)42-37(22-14-24-41(42)49)31-15-6-3-7-16-31/h2-26,28,43H,1,27,29H2,(H,46,47,48). The Morgan fingerprint density at radius 2 is 1.37 bits per heavy atom. The fraction of sp³-hybridized carbons (Fsp3) is 0.0667. The normalized spacial score (nSPS) is 15.6. The zero-order chi connectivity index (χ0) is 32.7. The summed E-state index contributed by atoms with van der Waals surface area (Å²) in [5.74, 6) is 1.56. The number of benzene rings is 6. The molecule has 4 nitrogen and oxygen atoms in total. The number of nitrogens with zero attached hydrogens (tertiary/aromatic N) is 3. The Hall–Kier alpha value is -6.26. The van der Waals surface area contributed by atoms with E-state index in [0.29, 0.717) is 0 Å². The summed E-state index contributed by atoms with van der Waals surface area (Å²) in [5.41, 5.74) is 13.2. The minimum atomic E-state index is -0.231. The van der Waals surface area contributed by atoms with Gasteiger partial charge in [0.1, 0.15) is 12.0 Å². The highest BCUT2D eigenvalue weighted by Crippen LogP contribution is 2.41. The molecular formula is C45H34N4. The van der Waals surface area contributed by atoms with Crippen LogP contribution in [0.4, 0.5) is 0 Å². The summed E-state index contributed by atoms with van der Waals surface area (Å²) in [4.78, 5) is 10.2. The number of fused-ring (bicyclic) bond motifs is 4. The summed E-state index contributed by atoms with van der Waals surface area (Å²) in [6.45, 7) is 5.02. The van der Waals surface area contributed by atoms with E-state index >= 15 is 0 Å². The third-order valence-corrected chi connectivity index (χ3v) is 9.81. The van der Waals surface area contributed by atoms with Crippen molar-refractivity contribution in [1.82, 2.24) is 9.88 Å². The molecule has 1 aliphatic carbocycles. The first-order valence-electron chi connectivity index (χ1n) is 16.8. The van der Waals surface area contributed by atoms with Crippen molar-refractivity contribution in [2.45, 2.75) is 19.1 Å². The first-order valence-corrected chi connectivity index (χ1v) is 16.8. The summed E-state index contributed by atoms with van der Waals surface area (Å²) < 4.78 is 2.48. The van der Waals surface area contributed by atoms with Gasteiger partial charge in [0.15, 0.2) is 5.84 Å². The van der Waals surface area contributed by atoms with Crippen LogP contribution in [0.15, 0.2) is 180 Å². The lowest BCUT2D eigenvalue weighted by atomic mass is 9.99. The maximum absolute atomic E-state index is 5.12. The van der Waals surface area contributed by atoms with Crippen LogP contribution >= 0.6 is 0 Å². The molecule has 0 radical (unpaired) electrons. The number of nitrogens with one attached hydrogen (secondary N) is 1. The number of hydrogen-bond acceptors (Lipinski definition) is 3. The highest BCUT2D eigenvalue weighted by molar-refractivity contribution is 6.15. The maximum Gasteiger partial charge on any atom is 0.159 e. The molecule has 9 rings (SSSR count). The molecule has 0 fully saturated rings. The highest BCUT2D eigenvalue weighted by atomic mass is 15.2. The molecule has 0 saturated heterocycles. The molecule has 1 atom stereocenters. The molecule has 0 spiro atoms. The third kappa shape index (κ3) is 5.10. The summed E-state index contributed by atoms with van der Waals surface area (Å²) in [7, 11) is 0. The summed E-state index contributed by atoms with van der Waals surface area (Å²) in [6.07, 6.45) is 2.64. The van der Waals surface area contributed by atoms with E-state index in [1.54, 1.807) is 0 Å². The second kappa shape index (κ2) is 12.1. The number of amidine groups is 2. The predicted octanol–water partition coefficient (Wildman–Crippen LogP) is 10.2. The zero-order valence-corrected chi connectivity index (χ0v) is 27.1. The van der Waals surface area contributed by atoms with E-state index in [1.165, 1.54) is 55.2 Å². The average molecular weight is 631 g/mol. The minimum Gasteiger partial charge on any atom is -0.344 e. The van der Waals surface area contributed by atoms with Crippen molar-refractivity contribution in [1.29, 1.82) is 0 Å². The Morgan fingerprint density at radius 3 is 2.14 bits per heavy atom. The van der Waals surface area contributed by atoms with E-state index in [9.17, 15) is 0 Å². The second-order valence-electron chi connectivity index (χ2n) is 12.7. The van der Waals surface area contributed by atoms with Gasteiger partial charge < -0.3 is 9.88 Å². The van der Waals surface area contributed by atoms with Gasteiger partial charge >= 0.3 is 0 Å². The van der Waals surface area contributed by atoms with Crippen molar-refractivity contribution in [3.8, 4) is 11.1 Å². The van der Waals surface area contributed by atoms with Gasteiger partial charge in [-0.15, -0.1) is 0 Å². The quantitative estimate of drug-likeness (QED) is 0.187. The van der Waals surface area contributed by atoms with E-state index < -0.39 is 0 Å². The molecule has 6 aromatic carbocycles. The van der Waals surface area contributed by atoms with Crippen LogP contribution in [0.1, 0.15) is 34.0 Å². The molecule has 2 aliphatic rings. The van der Waals surface area contributed by atoms with Gasteiger partial charge in [0.2, 0.25) is 0 Å². The lowest BCUT2D eigenvalue weighted by Gasteiger charge is -2.24. The van der Waals surface area contributed by atoms with Gasteiger partial charge in [-0.2, -0.15) is 0 Å². The average Bonchev–Trinajstić information content (AvgIpc) is 3.70. The van der Waals surface area contributed by atoms with Gasteiger partial charge in [-0.3, -0.25) is 0 Å². The molecular weight excluding hydrogens is 597 g/mol. The smallest absolute Gasteiger partial charge is 0.159 e. The van der Waals surface area contributed by atoms with E-state index in [4.69, 9.17) is 9.98 Å². The van der Waals surface area contributed by atoms with Crippen molar-refractivity contribution < 1.29 is 0 Å². The fourth-order valence-corrected chi connectivity index (χ4v) is 7.45. The van der Waals surface area contributed by atoms with Gasteiger partial charge in [0.25, 0.3) is 0 Å². The monoisotopic (exact) mass is 630 g/mol. The van der Waals surface area contributed by atoms with Crippen molar-refractivity contribution in [3.63, 3.8) is 0 Å². The summed E-state index contributed by atoms with van der Waals surface area (Å²) in [6, 6.07) is 53.6. The lowest BCUT2D eigenvalue weighted by molar-refractivity contribution is 0.674. The second-order valence-corrected chi connectivity index (χ2v) is 12.7. The molecule has 2 heterocycles. The molecule has 49 heavy (non-hydrogen) atoms. The van der Waals surface area contributed by atoms with E-state index in [-0.39, 0.29) is 6.17 Å². The predicted molar refractivity (Wildman–Crippen MR) is 204 cm³/mol. The Kier molecular flexibility index (Phi) is 7.13. The van der Waals surface area contributed by atoms with Crippen LogP contribution in [0.2, 0.25) is 0 Å². The molecule has 234 valence electrons. The maximum atomic E-state index is 5.12. The van der Waals surface area contributed by atoms with Gasteiger partial charge in [-0.25, -0.2) is 9.98 Å². The first kappa shape index (κ1) is 28.9. The van der Waals surface area contributed by atoms with Gasteiger partial charge in [0, 0.05) is 34.0 Å². The van der Waals surface area contributed by atoms with Crippen LogP contribution in [0.3, 0.4) is 0 Å². The molecule has 0 bridgehead atoms. The molecule has 1 aromatic heterocycles. The number of aliphatic imine (C=N–C) groups is 2. The van der Waals surface area contributed by atoms with Crippen molar-refractivity contribution >= 4 is 39.1 Å². The SMILES string of the molecule is C=CC1=C(Cn2c3ccccc3c3c(-c4ccccc4)cccc32)c2ccc(C3=NC(c4ccccc4)NC(c4ccccc4)=N3)cc2C1. The van der Waals surface area contributed by atoms with Crippen LogP contribution in [0.25, 0.3) is 38.5 Å². The number of hydrogen-bond donors (Lipinski definition) is 1. The molecule has 1 unspecified atom stereocenters. The molecule has 1 aliphatic heterocycles. The molecule has 7 aromatic rings. The van der Waals surface area contributed by atoms with E-state index in [2.05, 4.69) is 144 Å². The molecule has 0 saturated carbocycles. The van der Waals surface area contributed by atoms with Crippen LogP contribution in [0.5, 0.6) is 0 Å². The fourth-order valence-electron chi connectivity index (χ4n) is 7.45. The van der Waals surface area contributed by atoms with Crippen LogP contribution < -0.4 is 5.32 Å². The van der Waals surface area contributed by atoms with Crippen molar-refractivity contribution in [2.75, 3.05) is 0 Å². The molecule has 1 N–H and O–H groups in total. The first-order chi connectivity index (χ1) is 24.2.